The first-order valence-electron chi connectivity index (χ1n) is 7.56. The molecule has 0 nitrogen and oxygen atoms in total. The van der Waals surface area contributed by atoms with Crippen molar-refractivity contribution < 1.29 is 22.0 Å². The molecule has 0 aliphatic rings. The SMILES string of the molecule is CCCc1ccc(C=C(C)c2cc(F)c(C(F)(F)F)c(F)c2)cc1. The summed E-state index contributed by atoms with van der Waals surface area (Å²) in [4.78, 5) is 0. The third-order valence-electron chi connectivity index (χ3n) is 3.68. The van der Waals surface area contributed by atoms with Gasteiger partial charge in [0, 0.05) is 0 Å². The van der Waals surface area contributed by atoms with Gasteiger partial charge in [-0.2, -0.15) is 13.2 Å². The summed E-state index contributed by atoms with van der Waals surface area (Å²) in [6, 6.07) is 9.07. The minimum atomic E-state index is -5.06. The van der Waals surface area contributed by atoms with Crippen molar-refractivity contribution in [1.29, 1.82) is 0 Å². The highest BCUT2D eigenvalue weighted by Gasteiger charge is 2.37. The minimum absolute atomic E-state index is 0.0793. The normalized spacial score (nSPS) is 12.5. The third-order valence-corrected chi connectivity index (χ3v) is 3.68. The quantitative estimate of drug-likeness (QED) is 0.440. The molecule has 0 aliphatic carbocycles. The molecule has 0 fully saturated rings. The summed E-state index contributed by atoms with van der Waals surface area (Å²) in [5, 5.41) is 0. The molecular weight excluding hydrogens is 323 g/mol. The smallest absolute Gasteiger partial charge is 0.206 e. The van der Waals surface area contributed by atoms with Crippen molar-refractivity contribution >= 4 is 11.6 Å². The van der Waals surface area contributed by atoms with Crippen LogP contribution < -0.4 is 0 Å². The lowest BCUT2D eigenvalue weighted by Crippen LogP contribution is -2.11. The van der Waals surface area contributed by atoms with E-state index in [0.717, 1.165) is 18.4 Å². The van der Waals surface area contributed by atoms with Gasteiger partial charge >= 0.3 is 6.18 Å². The van der Waals surface area contributed by atoms with E-state index in [4.69, 9.17) is 0 Å². The summed E-state index contributed by atoms with van der Waals surface area (Å²) in [5.41, 5.74) is 0.690. The second-order valence-electron chi connectivity index (χ2n) is 5.63. The predicted molar refractivity (Wildman–Crippen MR) is 85.3 cm³/mol. The summed E-state index contributed by atoms with van der Waals surface area (Å²) >= 11 is 0. The van der Waals surface area contributed by atoms with E-state index in [1.807, 2.05) is 24.3 Å². The van der Waals surface area contributed by atoms with Crippen LogP contribution in [-0.2, 0) is 12.6 Å². The number of hydrogen-bond acceptors (Lipinski definition) is 0. The molecule has 0 saturated heterocycles. The molecule has 0 spiro atoms. The summed E-state index contributed by atoms with van der Waals surface area (Å²) in [7, 11) is 0. The molecule has 0 amide bonds. The van der Waals surface area contributed by atoms with Gasteiger partial charge in [-0.15, -0.1) is 0 Å². The van der Waals surface area contributed by atoms with E-state index in [0.29, 0.717) is 17.7 Å². The third kappa shape index (κ3) is 4.22. The standard InChI is InChI=1S/C19H17F5/c1-3-4-13-5-7-14(8-6-13)9-12(2)15-10-16(20)18(17(21)11-15)19(22,23)24/h5-11H,3-4H2,1-2H3. The highest BCUT2D eigenvalue weighted by Crippen LogP contribution is 2.35. The molecular formula is C19H17F5. The zero-order chi connectivity index (χ0) is 17.9. The van der Waals surface area contributed by atoms with Crippen LogP contribution in [0.3, 0.4) is 0 Å². The van der Waals surface area contributed by atoms with E-state index < -0.39 is 23.4 Å². The lowest BCUT2D eigenvalue weighted by molar-refractivity contribution is -0.142. The van der Waals surface area contributed by atoms with Gasteiger partial charge in [-0.1, -0.05) is 43.7 Å². The Balaban J connectivity index is 2.34. The Morgan fingerprint density at radius 3 is 2.00 bits per heavy atom. The summed E-state index contributed by atoms with van der Waals surface area (Å²) < 4.78 is 65.1. The average Bonchev–Trinajstić information content (AvgIpc) is 2.47. The Morgan fingerprint density at radius 2 is 1.54 bits per heavy atom. The second kappa shape index (κ2) is 7.16. The minimum Gasteiger partial charge on any atom is -0.206 e. The van der Waals surface area contributed by atoms with Gasteiger partial charge in [0.15, 0.2) is 0 Å². The maximum Gasteiger partial charge on any atom is 0.422 e. The number of benzene rings is 2. The van der Waals surface area contributed by atoms with Crippen LogP contribution in [0.5, 0.6) is 0 Å². The highest BCUT2D eigenvalue weighted by molar-refractivity contribution is 5.80. The van der Waals surface area contributed by atoms with Crippen LogP contribution in [0.4, 0.5) is 22.0 Å². The molecule has 0 N–H and O–H groups in total. The molecule has 2 aromatic rings. The molecule has 2 aromatic carbocycles. The van der Waals surface area contributed by atoms with Crippen LogP contribution in [0.15, 0.2) is 36.4 Å². The molecule has 0 heterocycles. The monoisotopic (exact) mass is 340 g/mol. The molecule has 128 valence electrons. The van der Waals surface area contributed by atoms with E-state index in [1.165, 1.54) is 5.56 Å². The van der Waals surface area contributed by atoms with Crippen LogP contribution in [0.2, 0.25) is 0 Å². The van der Waals surface area contributed by atoms with Crippen molar-refractivity contribution in [3.05, 3.63) is 70.3 Å². The van der Waals surface area contributed by atoms with Gasteiger partial charge in [0.05, 0.1) is 0 Å². The van der Waals surface area contributed by atoms with Gasteiger partial charge < -0.3 is 0 Å². The maximum absolute atomic E-state index is 13.7. The lowest BCUT2D eigenvalue weighted by atomic mass is 10.0. The van der Waals surface area contributed by atoms with Crippen LogP contribution >= 0.6 is 0 Å². The Morgan fingerprint density at radius 1 is 1.00 bits per heavy atom. The molecule has 2 rings (SSSR count). The van der Waals surface area contributed by atoms with Crippen LogP contribution in [0, 0.1) is 11.6 Å². The van der Waals surface area contributed by atoms with Gasteiger partial charge in [-0.3, -0.25) is 0 Å². The fourth-order valence-electron chi connectivity index (χ4n) is 2.47. The molecule has 0 atom stereocenters. The fraction of sp³-hybridized carbons (Fsp3) is 0.263. The second-order valence-corrected chi connectivity index (χ2v) is 5.63. The van der Waals surface area contributed by atoms with Crippen molar-refractivity contribution in [2.24, 2.45) is 0 Å². The van der Waals surface area contributed by atoms with Crippen LogP contribution in [-0.4, -0.2) is 0 Å². The predicted octanol–water partition coefficient (Wildman–Crippen LogP) is 6.50. The Bertz CT molecular complexity index is 716. The first-order chi connectivity index (χ1) is 11.2. The number of allylic oxidation sites excluding steroid dienone is 1. The number of aryl methyl sites for hydroxylation is 1. The zero-order valence-corrected chi connectivity index (χ0v) is 13.3. The summed E-state index contributed by atoms with van der Waals surface area (Å²) in [6.45, 7) is 3.67. The van der Waals surface area contributed by atoms with Gasteiger partial charge in [0.25, 0.3) is 0 Å². The molecule has 0 saturated carbocycles. The van der Waals surface area contributed by atoms with Crippen LogP contribution in [0.25, 0.3) is 11.6 Å². The molecule has 24 heavy (non-hydrogen) atoms. The highest BCUT2D eigenvalue weighted by atomic mass is 19.4. The largest absolute Gasteiger partial charge is 0.422 e. The van der Waals surface area contributed by atoms with E-state index in [1.54, 1.807) is 13.0 Å². The molecule has 0 aliphatic heterocycles. The number of alkyl halides is 3. The van der Waals surface area contributed by atoms with E-state index in [9.17, 15) is 22.0 Å². The van der Waals surface area contributed by atoms with Gasteiger partial charge in [0.1, 0.15) is 17.2 Å². The van der Waals surface area contributed by atoms with Crippen molar-refractivity contribution in [1.82, 2.24) is 0 Å². The van der Waals surface area contributed by atoms with E-state index in [2.05, 4.69) is 6.92 Å². The van der Waals surface area contributed by atoms with Crippen molar-refractivity contribution in [3.63, 3.8) is 0 Å². The van der Waals surface area contributed by atoms with Crippen molar-refractivity contribution in [2.75, 3.05) is 0 Å². The molecule has 0 unspecified atom stereocenters. The first-order valence-corrected chi connectivity index (χ1v) is 7.56. The fourth-order valence-corrected chi connectivity index (χ4v) is 2.47. The van der Waals surface area contributed by atoms with E-state index >= 15 is 0 Å². The Hall–Kier alpha value is -2.17. The van der Waals surface area contributed by atoms with Crippen molar-refractivity contribution in [2.45, 2.75) is 32.9 Å². The number of rotatable bonds is 4. The van der Waals surface area contributed by atoms with Crippen molar-refractivity contribution in [3.8, 4) is 0 Å². The van der Waals surface area contributed by atoms with Gasteiger partial charge in [0.2, 0.25) is 0 Å². The Kier molecular flexibility index (Phi) is 5.42. The van der Waals surface area contributed by atoms with E-state index in [-0.39, 0.29) is 5.56 Å². The molecule has 5 heteroatoms. The zero-order valence-electron chi connectivity index (χ0n) is 13.3. The molecule has 0 radical (unpaired) electrons. The number of hydrogen-bond donors (Lipinski definition) is 0. The summed E-state index contributed by atoms with van der Waals surface area (Å²) in [5.74, 6) is -3.22. The average molecular weight is 340 g/mol. The first kappa shape index (κ1) is 18.2. The topological polar surface area (TPSA) is 0 Å². The van der Waals surface area contributed by atoms with Gasteiger partial charge in [-0.25, -0.2) is 8.78 Å². The molecule has 0 bridgehead atoms. The summed E-state index contributed by atoms with van der Waals surface area (Å²) in [6.07, 6.45) is -1.40. The van der Waals surface area contributed by atoms with Gasteiger partial charge in [-0.05, 0) is 47.7 Å². The molecule has 0 aromatic heterocycles. The van der Waals surface area contributed by atoms with Crippen LogP contribution in [0.1, 0.15) is 42.5 Å². The Labute approximate surface area is 137 Å². The number of halogens is 5. The maximum atomic E-state index is 13.7. The lowest BCUT2D eigenvalue weighted by Gasteiger charge is -2.11.